The summed E-state index contributed by atoms with van der Waals surface area (Å²) in [6, 6.07) is 0. The van der Waals surface area contributed by atoms with Crippen LogP contribution in [0.3, 0.4) is 0 Å². The third-order valence-electron chi connectivity index (χ3n) is 1.68. The molecule has 0 spiro atoms. The maximum atomic E-state index is 8.77. The van der Waals surface area contributed by atoms with E-state index in [2.05, 4.69) is 10.3 Å². The molecule has 0 bridgehead atoms. The van der Waals surface area contributed by atoms with Crippen molar-refractivity contribution in [2.24, 2.45) is 13.0 Å². The Hall–Kier alpha value is -0.900. The van der Waals surface area contributed by atoms with Gasteiger partial charge in [-0.05, 0) is 12.3 Å². The van der Waals surface area contributed by atoms with Crippen LogP contribution >= 0.6 is 0 Å². The lowest BCUT2D eigenvalue weighted by atomic mass is 10.1. The molecular formula is C7H13N3O. The summed E-state index contributed by atoms with van der Waals surface area (Å²) in [4.78, 5) is 0. The molecule has 0 radical (unpaired) electrons. The lowest BCUT2D eigenvalue weighted by molar-refractivity contribution is 0.235. The summed E-state index contributed by atoms with van der Waals surface area (Å²) in [6.07, 6.45) is 2.56. The molecule has 62 valence electrons. The zero-order chi connectivity index (χ0) is 8.27. The smallest absolute Gasteiger partial charge is 0.0725 e. The van der Waals surface area contributed by atoms with Gasteiger partial charge < -0.3 is 5.11 Å². The van der Waals surface area contributed by atoms with Gasteiger partial charge in [0.2, 0.25) is 0 Å². The van der Waals surface area contributed by atoms with Gasteiger partial charge in [0.05, 0.1) is 11.9 Å². The van der Waals surface area contributed by atoms with Gasteiger partial charge in [0.1, 0.15) is 0 Å². The number of aliphatic hydroxyl groups is 1. The Balaban J connectivity index is 2.56. The van der Waals surface area contributed by atoms with E-state index in [9.17, 15) is 0 Å². The Morgan fingerprint density at radius 2 is 2.45 bits per heavy atom. The van der Waals surface area contributed by atoms with E-state index < -0.39 is 0 Å². The molecule has 1 unspecified atom stereocenters. The molecule has 4 heteroatoms. The quantitative estimate of drug-likeness (QED) is 0.667. The van der Waals surface area contributed by atoms with E-state index in [1.807, 2.05) is 14.0 Å². The van der Waals surface area contributed by atoms with Gasteiger partial charge in [0.15, 0.2) is 0 Å². The number of aryl methyl sites for hydroxylation is 1. The van der Waals surface area contributed by atoms with Crippen LogP contribution in [0.1, 0.15) is 12.6 Å². The summed E-state index contributed by atoms with van der Waals surface area (Å²) in [5.41, 5.74) is 1.06. The van der Waals surface area contributed by atoms with E-state index in [-0.39, 0.29) is 12.5 Å². The third kappa shape index (κ3) is 2.01. The van der Waals surface area contributed by atoms with Crippen molar-refractivity contribution in [3.05, 3.63) is 11.9 Å². The summed E-state index contributed by atoms with van der Waals surface area (Å²) in [7, 11) is 1.85. The van der Waals surface area contributed by atoms with Gasteiger partial charge in [0.25, 0.3) is 0 Å². The SMILES string of the molecule is CC(CO)Cc1cnnn1C. The van der Waals surface area contributed by atoms with Crippen LogP contribution in [0.25, 0.3) is 0 Å². The molecule has 0 fully saturated rings. The normalized spacial score (nSPS) is 13.4. The average molecular weight is 155 g/mol. The van der Waals surface area contributed by atoms with Gasteiger partial charge >= 0.3 is 0 Å². The van der Waals surface area contributed by atoms with Gasteiger partial charge in [-0.2, -0.15) is 0 Å². The summed E-state index contributed by atoms with van der Waals surface area (Å²) in [5, 5.41) is 16.3. The predicted molar refractivity (Wildman–Crippen MR) is 41.0 cm³/mol. The van der Waals surface area contributed by atoms with Gasteiger partial charge in [0, 0.05) is 13.7 Å². The molecule has 1 rings (SSSR count). The highest BCUT2D eigenvalue weighted by molar-refractivity contribution is 4.94. The van der Waals surface area contributed by atoms with Crippen LogP contribution < -0.4 is 0 Å². The molecule has 0 aliphatic heterocycles. The van der Waals surface area contributed by atoms with Crippen molar-refractivity contribution < 1.29 is 5.11 Å². The molecule has 1 aromatic heterocycles. The lowest BCUT2D eigenvalue weighted by Crippen LogP contribution is -2.08. The zero-order valence-corrected chi connectivity index (χ0v) is 6.86. The van der Waals surface area contributed by atoms with E-state index >= 15 is 0 Å². The molecule has 0 amide bonds. The first-order chi connectivity index (χ1) is 5.24. The average Bonchev–Trinajstić information content (AvgIpc) is 2.37. The van der Waals surface area contributed by atoms with E-state index in [0.29, 0.717) is 0 Å². The van der Waals surface area contributed by atoms with Crippen LogP contribution in [0.4, 0.5) is 0 Å². The number of rotatable bonds is 3. The largest absolute Gasteiger partial charge is 0.396 e. The van der Waals surface area contributed by atoms with Crippen LogP contribution in [0.15, 0.2) is 6.20 Å². The minimum Gasteiger partial charge on any atom is -0.396 e. The van der Waals surface area contributed by atoms with Gasteiger partial charge in [-0.25, -0.2) is 0 Å². The molecule has 0 saturated heterocycles. The van der Waals surface area contributed by atoms with Crippen LogP contribution in [-0.4, -0.2) is 26.7 Å². The van der Waals surface area contributed by atoms with Crippen LogP contribution in [0, 0.1) is 5.92 Å². The molecule has 1 atom stereocenters. The first-order valence-corrected chi connectivity index (χ1v) is 3.68. The summed E-state index contributed by atoms with van der Waals surface area (Å²) in [5.74, 6) is 0.284. The van der Waals surface area contributed by atoms with Crippen molar-refractivity contribution in [3.8, 4) is 0 Å². The second-order valence-electron chi connectivity index (χ2n) is 2.84. The van der Waals surface area contributed by atoms with Crippen molar-refractivity contribution in [2.45, 2.75) is 13.3 Å². The molecule has 1 aromatic rings. The second-order valence-corrected chi connectivity index (χ2v) is 2.84. The van der Waals surface area contributed by atoms with Crippen molar-refractivity contribution in [2.75, 3.05) is 6.61 Å². The zero-order valence-electron chi connectivity index (χ0n) is 6.86. The first kappa shape index (κ1) is 8.20. The minimum atomic E-state index is 0.213. The topological polar surface area (TPSA) is 50.9 Å². The highest BCUT2D eigenvalue weighted by Crippen LogP contribution is 2.04. The van der Waals surface area contributed by atoms with Gasteiger partial charge in [-0.1, -0.05) is 12.1 Å². The predicted octanol–water partition coefficient (Wildman–Crippen LogP) is -0.0140. The molecular weight excluding hydrogens is 142 g/mol. The number of aromatic nitrogens is 3. The molecule has 0 aliphatic carbocycles. The molecule has 1 heterocycles. The summed E-state index contributed by atoms with van der Waals surface area (Å²) >= 11 is 0. The van der Waals surface area contributed by atoms with Crippen molar-refractivity contribution >= 4 is 0 Å². The maximum absolute atomic E-state index is 8.77. The minimum absolute atomic E-state index is 0.213. The first-order valence-electron chi connectivity index (χ1n) is 3.68. The molecule has 4 nitrogen and oxygen atoms in total. The summed E-state index contributed by atoms with van der Waals surface area (Å²) in [6.45, 7) is 2.21. The van der Waals surface area contributed by atoms with Crippen LogP contribution in [0.5, 0.6) is 0 Å². The highest BCUT2D eigenvalue weighted by Gasteiger charge is 2.05. The van der Waals surface area contributed by atoms with E-state index in [0.717, 1.165) is 12.1 Å². The fourth-order valence-corrected chi connectivity index (χ4v) is 0.917. The molecule has 0 aromatic carbocycles. The van der Waals surface area contributed by atoms with Gasteiger partial charge in [-0.3, -0.25) is 4.68 Å². The number of hydrogen-bond acceptors (Lipinski definition) is 3. The van der Waals surface area contributed by atoms with Crippen LogP contribution in [0.2, 0.25) is 0 Å². The van der Waals surface area contributed by atoms with Crippen molar-refractivity contribution in [1.82, 2.24) is 15.0 Å². The number of nitrogens with zero attached hydrogens (tertiary/aromatic N) is 3. The summed E-state index contributed by atoms with van der Waals surface area (Å²) < 4.78 is 1.73. The Kier molecular flexibility index (Phi) is 2.59. The van der Waals surface area contributed by atoms with Gasteiger partial charge in [-0.15, -0.1) is 5.10 Å². The molecule has 1 N–H and O–H groups in total. The molecule has 0 saturated carbocycles. The van der Waals surface area contributed by atoms with Crippen LogP contribution in [-0.2, 0) is 13.5 Å². The Labute approximate surface area is 65.8 Å². The monoisotopic (exact) mass is 155 g/mol. The van der Waals surface area contributed by atoms with Crippen molar-refractivity contribution in [3.63, 3.8) is 0 Å². The number of hydrogen-bond donors (Lipinski definition) is 1. The van der Waals surface area contributed by atoms with E-state index in [1.165, 1.54) is 0 Å². The number of aliphatic hydroxyl groups excluding tert-OH is 1. The maximum Gasteiger partial charge on any atom is 0.0725 e. The molecule has 0 aliphatic rings. The standard InChI is InChI=1S/C7H13N3O/c1-6(5-11)3-7-4-8-9-10(7)2/h4,6,11H,3,5H2,1-2H3. The fraction of sp³-hybridized carbons (Fsp3) is 0.714. The second kappa shape index (κ2) is 3.48. The highest BCUT2D eigenvalue weighted by atomic mass is 16.3. The van der Waals surface area contributed by atoms with E-state index in [1.54, 1.807) is 10.9 Å². The molecule has 11 heavy (non-hydrogen) atoms. The Morgan fingerprint density at radius 3 is 2.91 bits per heavy atom. The Morgan fingerprint density at radius 1 is 1.73 bits per heavy atom. The van der Waals surface area contributed by atoms with Crippen molar-refractivity contribution in [1.29, 1.82) is 0 Å². The third-order valence-corrected chi connectivity index (χ3v) is 1.68. The van der Waals surface area contributed by atoms with E-state index in [4.69, 9.17) is 5.11 Å². The lowest BCUT2D eigenvalue weighted by Gasteiger charge is -2.05. The fourth-order valence-electron chi connectivity index (χ4n) is 0.917. The Bertz CT molecular complexity index is 221.